The Morgan fingerprint density at radius 1 is 1.44 bits per heavy atom. The van der Waals surface area contributed by atoms with Gasteiger partial charge in [-0.1, -0.05) is 29.3 Å². The maximum absolute atomic E-state index is 4.25. The second-order valence-electron chi connectivity index (χ2n) is 5.15. The number of hydrogen-bond donors (Lipinski definition) is 0. The van der Waals surface area contributed by atoms with Crippen LogP contribution in [-0.4, -0.2) is 27.3 Å². The Bertz CT molecular complexity index is 382. The van der Waals surface area contributed by atoms with Crippen LogP contribution in [0.15, 0.2) is 22.9 Å². The van der Waals surface area contributed by atoms with Crippen molar-refractivity contribution in [3.8, 4) is 0 Å². The molecule has 2 unspecified atom stereocenters. The Kier molecular flexibility index (Phi) is 5.64. The molecule has 0 N–H and O–H groups in total. The van der Waals surface area contributed by atoms with Gasteiger partial charge in [-0.05, 0) is 53.4 Å². The van der Waals surface area contributed by atoms with Crippen molar-refractivity contribution in [3.05, 3.63) is 28.5 Å². The van der Waals surface area contributed by atoms with Crippen LogP contribution >= 0.6 is 31.9 Å². The van der Waals surface area contributed by atoms with Crippen LogP contribution in [0.3, 0.4) is 0 Å². The molecule has 2 heterocycles. The van der Waals surface area contributed by atoms with Gasteiger partial charge in [-0.3, -0.25) is 9.88 Å². The van der Waals surface area contributed by atoms with E-state index in [9.17, 15) is 0 Å². The lowest BCUT2D eigenvalue weighted by Crippen LogP contribution is -2.40. The molecular formula is C14H20Br2N2. The minimum absolute atomic E-state index is 0.601. The topological polar surface area (TPSA) is 16.1 Å². The van der Waals surface area contributed by atoms with E-state index >= 15 is 0 Å². The summed E-state index contributed by atoms with van der Waals surface area (Å²) in [6.07, 6.45) is 9.09. The monoisotopic (exact) mass is 374 g/mol. The number of rotatable bonds is 4. The first-order valence-electron chi connectivity index (χ1n) is 6.62. The SMILES string of the molecule is CC(Br)CC1CCCCN1Cc1cncc(Br)c1. The largest absolute Gasteiger partial charge is 0.296 e. The Morgan fingerprint density at radius 2 is 2.28 bits per heavy atom. The zero-order valence-electron chi connectivity index (χ0n) is 10.8. The standard InChI is InChI=1S/C14H20Br2N2/c1-11(15)6-14-4-2-3-5-18(14)10-12-7-13(16)9-17-8-12/h7-9,11,14H,2-6,10H2,1H3. The quantitative estimate of drug-likeness (QED) is 0.726. The van der Waals surface area contributed by atoms with Crippen LogP contribution in [0.25, 0.3) is 0 Å². The van der Waals surface area contributed by atoms with Gasteiger partial charge in [-0.15, -0.1) is 0 Å². The number of aromatic nitrogens is 1. The highest BCUT2D eigenvalue weighted by Crippen LogP contribution is 2.25. The summed E-state index contributed by atoms with van der Waals surface area (Å²) in [4.78, 5) is 7.47. The van der Waals surface area contributed by atoms with Crippen molar-refractivity contribution >= 4 is 31.9 Å². The second-order valence-corrected chi connectivity index (χ2v) is 7.63. The fourth-order valence-electron chi connectivity index (χ4n) is 2.69. The van der Waals surface area contributed by atoms with E-state index in [4.69, 9.17) is 0 Å². The normalized spacial score (nSPS) is 22.9. The molecule has 0 aromatic carbocycles. The average molecular weight is 376 g/mol. The van der Waals surface area contributed by atoms with E-state index in [2.05, 4.69) is 54.7 Å². The molecule has 2 atom stereocenters. The maximum Gasteiger partial charge on any atom is 0.0410 e. The summed E-state index contributed by atoms with van der Waals surface area (Å²) in [6, 6.07) is 2.89. The first-order chi connectivity index (χ1) is 8.65. The van der Waals surface area contributed by atoms with Gasteiger partial charge in [-0.2, -0.15) is 0 Å². The molecule has 0 saturated carbocycles. The molecule has 4 heteroatoms. The highest BCUT2D eigenvalue weighted by atomic mass is 79.9. The molecule has 0 amide bonds. The van der Waals surface area contributed by atoms with Gasteiger partial charge in [0.05, 0.1) is 0 Å². The predicted octanol–water partition coefficient (Wildman–Crippen LogP) is 4.37. The minimum atomic E-state index is 0.601. The Balaban J connectivity index is 2.00. The van der Waals surface area contributed by atoms with Gasteiger partial charge in [0.1, 0.15) is 0 Å². The Labute approximate surface area is 126 Å². The van der Waals surface area contributed by atoms with Crippen molar-refractivity contribution < 1.29 is 0 Å². The molecule has 0 radical (unpaired) electrons. The van der Waals surface area contributed by atoms with Gasteiger partial charge < -0.3 is 0 Å². The molecule has 0 aliphatic carbocycles. The first-order valence-corrected chi connectivity index (χ1v) is 8.33. The molecule has 1 aliphatic rings. The third-order valence-electron chi connectivity index (χ3n) is 3.49. The van der Waals surface area contributed by atoms with Gasteiger partial charge in [0.15, 0.2) is 0 Å². The lowest BCUT2D eigenvalue weighted by atomic mass is 9.97. The number of piperidine rings is 1. The van der Waals surface area contributed by atoms with Crippen LogP contribution < -0.4 is 0 Å². The summed E-state index contributed by atoms with van der Waals surface area (Å²) in [7, 11) is 0. The van der Waals surface area contributed by atoms with Gasteiger partial charge in [0.2, 0.25) is 0 Å². The summed E-state index contributed by atoms with van der Waals surface area (Å²) in [5, 5.41) is 0. The first kappa shape index (κ1) is 14.5. The number of halogens is 2. The van der Waals surface area contributed by atoms with Crippen LogP contribution in [0.1, 0.15) is 38.2 Å². The van der Waals surface area contributed by atoms with E-state index in [0.717, 1.165) is 11.0 Å². The fraction of sp³-hybridized carbons (Fsp3) is 0.643. The zero-order chi connectivity index (χ0) is 13.0. The van der Waals surface area contributed by atoms with Crippen LogP contribution in [-0.2, 0) is 6.54 Å². The fourth-order valence-corrected chi connectivity index (χ4v) is 3.53. The van der Waals surface area contributed by atoms with E-state index in [1.807, 2.05) is 12.4 Å². The lowest BCUT2D eigenvalue weighted by Gasteiger charge is -2.36. The molecule has 2 rings (SSSR count). The second kappa shape index (κ2) is 7.01. The molecule has 2 nitrogen and oxygen atoms in total. The summed E-state index contributed by atoms with van der Waals surface area (Å²) < 4.78 is 1.07. The van der Waals surface area contributed by atoms with Crippen molar-refractivity contribution in [2.75, 3.05) is 6.54 Å². The third kappa shape index (κ3) is 4.32. The summed E-state index contributed by atoms with van der Waals surface area (Å²) in [5.74, 6) is 0. The maximum atomic E-state index is 4.25. The highest BCUT2D eigenvalue weighted by molar-refractivity contribution is 9.10. The van der Waals surface area contributed by atoms with E-state index in [1.165, 1.54) is 37.8 Å². The van der Waals surface area contributed by atoms with Crippen LogP contribution in [0.2, 0.25) is 0 Å². The lowest BCUT2D eigenvalue weighted by molar-refractivity contribution is 0.133. The Morgan fingerprint density at radius 3 is 3.00 bits per heavy atom. The molecule has 100 valence electrons. The van der Waals surface area contributed by atoms with E-state index in [-0.39, 0.29) is 0 Å². The number of nitrogens with zero attached hydrogens (tertiary/aromatic N) is 2. The van der Waals surface area contributed by atoms with Crippen molar-refractivity contribution in [2.24, 2.45) is 0 Å². The minimum Gasteiger partial charge on any atom is -0.296 e. The molecule has 1 aliphatic heterocycles. The number of pyridine rings is 1. The molecule has 1 fully saturated rings. The van der Waals surface area contributed by atoms with E-state index < -0.39 is 0 Å². The molecular weight excluding hydrogens is 356 g/mol. The van der Waals surface area contributed by atoms with Crippen LogP contribution in [0.5, 0.6) is 0 Å². The molecule has 1 saturated heterocycles. The van der Waals surface area contributed by atoms with E-state index in [1.54, 1.807) is 0 Å². The zero-order valence-corrected chi connectivity index (χ0v) is 14.0. The molecule has 0 spiro atoms. The van der Waals surface area contributed by atoms with E-state index in [0.29, 0.717) is 10.9 Å². The Hall–Kier alpha value is 0.0700. The van der Waals surface area contributed by atoms with Gasteiger partial charge in [0.25, 0.3) is 0 Å². The summed E-state index contributed by atoms with van der Waals surface area (Å²) >= 11 is 7.18. The molecule has 0 bridgehead atoms. The van der Waals surface area contributed by atoms with Crippen molar-refractivity contribution in [3.63, 3.8) is 0 Å². The van der Waals surface area contributed by atoms with Crippen molar-refractivity contribution in [2.45, 2.75) is 50.0 Å². The van der Waals surface area contributed by atoms with Crippen molar-refractivity contribution in [1.82, 2.24) is 9.88 Å². The number of hydrogen-bond acceptors (Lipinski definition) is 2. The van der Waals surface area contributed by atoms with Crippen molar-refractivity contribution in [1.29, 1.82) is 0 Å². The summed E-state index contributed by atoms with van der Waals surface area (Å²) in [6.45, 7) is 4.49. The third-order valence-corrected chi connectivity index (χ3v) is 4.30. The smallest absolute Gasteiger partial charge is 0.0410 e. The predicted molar refractivity (Wildman–Crippen MR) is 83.0 cm³/mol. The van der Waals surface area contributed by atoms with Crippen LogP contribution in [0.4, 0.5) is 0 Å². The van der Waals surface area contributed by atoms with Gasteiger partial charge >= 0.3 is 0 Å². The average Bonchev–Trinajstić information content (AvgIpc) is 2.31. The number of alkyl halides is 1. The van der Waals surface area contributed by atoms with Gasteiger partial charge in [0, 0.05) is 34.3 Å². The highest BCUT2D eigenvalue weighted by Gasteiger charge is 2.23. The summed E-state index contributed by atoms with van der Waals surface area (Å²) in [5.41, 5.74) is 1.30. The van der Waals surface area contributed by atoms with Crippen LogP contribution in [0, 0.1) is 0 Å². The molecule has 18 heavy (non-hydrogen) atoms. The van der Waals surface area contributed by atoms with Gasteiger partial charge in [-0.25, -0.2) is 0 Å². The molecule has 1 aromatic heterocycles. The number of likely N-dealkylation sites (tertiary alicyclic amines) is 1. The molecule has 1 aromatic rings.